The molecular weight excluding hydrogens is 503 g/mol. The third-order valence-electron chi connectivity index (χ3n) is 3.08. The fourth-order valence-corrected chi connectivity index (χ4v) is 2.56. The van der Waals surface area contributed by atoms with E-state index in [1.54, 1.807) is 0 Å². The number of alkyl halides is 4. The molecule has 0 fully saturated rings. The van der Waals surface area contributed by atoms with Crippen molar-refractivity contribution in [2.24, 2.45) is 0 Å². The molecular formula is C16H30Br2Cl2O5. The van der Waals surface area contributed by atoms with E-state index in [-0.39, 0.29) is 12.2 Å². The van der Waals surface area contributed by atoms with Crippen LogP contribution in [-0.4, -0.2) is 87.5 Å². The summed E-state index contributed by atoms with van der Waals surface area (Å²) in [6.45, 7) is 4.61. The molecule has 0 N–H and O–H groups in total. The Morgan fingerprint density at radius 1 is 0.600 bits per heavy atom. The first-order valence-electron chi connectivity index (χ1n) is 8.48. The monoisotopic (exact) mass is 530 g/mol. The van der Waals surface area contributed by atoms with Crippen LogP contribution in [0.5, 0.6) is 0 Å². The summed E-state index contributed by atoms with van der Waals surface area (Å²) in [4.78, 5) is 0. The molecule has 0 saturated heterocycles. The normalized spacial score (nSPS) is 13.9. The summed E-state index contributed by atoms with van der Waals surface area (Å²) in [5.74, 6) is 0.927. The zero-order valence-electron chi connectivity index (χ0n) is 14.6. The lowest BCUT2D eigenvalue weighted by atomic mass is 10.2. The summed E-state index contributed by atoms with van der Waals surface area (Å²) in [5.41, 5.74) is 0. The maximum atomic E-state index is 5.80. The molecule has 0 amide bonds. The van der Waals surface area contributed by atoms with Gasteiger partial charge in [0.2, 0.25) is 0 Å². The van der Waals surface area contributed by atoms with Gasteiger partial charge < -0.3 is 23.7 Å². The van der Waals surface area contributed by atoms with Crippen LogP contribution in [0.15, 0.2) is 0 Å². The van der Waals surface area contributed by atoms with Gasteiger partial charge in [-0.25, -0.2) is 0 Å². The molecule has 2 atom stereocenters. The molecule has 0 rings (SSSR count). The Hall–Kier alpha value is 1.34. The average molecular weight is 533 g/mol. The van der Waals surface area contributed by atoms with Gasteiger partial charge in [0, 0.05) is 35.6 Å². The molecule has 0 aromatic rings. The van der Waals surface area contributed by atoms with Crippen molar-refractivity contribution >= 4 is 55.1 Å². The topological polar surface area (TPSA) is 46.2 Å². The number of rotatable bonds is 20. The second kappa shape index (κ2) is 21.6. The first-order chi connectivity index (χ1) is 12.3. The van der Waals surface area contributed by atoms with Gasteiger partial charge in [-0.3, -0.25) is 0 Å². The molecule has 0 bridgehead atoms. The Morgan fingerprint density at radius 3 is 1.40 bits per heavy atom. The van der Waals surface area contributed by atoms with Gasteiger partial charge in [0.25, 0.3) is 0 Å². The maximum absolute atomic E-state index is 5.80. The van der Waals surface area contributed by atoms with Crippen molar-refractivity contribution < 1.29 is 23.7 Å². The summed E-state index contributed by atoms with van der Waals surface area (Å²) < 4.78 is 28.2. The molecule has 25 heavy (non-hydrogen) atoms. The van der Waals surface area contributed by atoms with Crippen LogP contribution < -0.4 is 0 Å². The molecule has 0 aromatic carbocycles. The highest BCUT2D eigenvalue weighted by molar-refractivity contribution is 9.09. The van der Waals surface area contributed by atoms with Gasteiger partial charge in [-0.05, 0) is 12.8 Å². The van der Waals surface area contributed by atoms with Crippen molar-refractivity contribution in [3.8, 4) is 0 Å². The van der Waals surface area contributed by atoms with Crippen molar-refractivity contribution in [1.29, 1.82) is 0 Å². The molecule has 0 aromatic heterocycles. The third-order valence-corrected chi connectivity index (χ3v) is 4.04. The molecule has 0 spiro atoms. The fourth-order valence-electron chi connectivity index (χ4n) is 1.93. The van der Waals surface area contributed by atoms with Gasteiger partial charge in [-0.2, -0.15) is 0 Å². The molecule has 0 aliphatic heterocycles. The molecule has 2 unspecified atom stereocenters. The quantitative estimate of drug-likeness (QED) is 0.176. The molecule has 0 saturated carbocycles. The van der Waals surface area contributed by atoms with Crippen LogP contribution in [-0.2, 0) is 23.7 Å². The highest BCUT2D eigenvalue weighted by Crippen LogP contribution is 2.06. The summed E-state index contributed by atoms with van der Waals surface area (Å²) in [7, 11) is 0. The summed E-state index contributed by atoms with van der Waals surface area (Å²) in [6, 6.07) is 0. The Kier molecular flexibility index (Phi) is 22.8. The Labute approximate surface area is 178 Å². The SMILES string of the molecule is ClCCOC(CCOCCBr)COCC(CCOCCBr)OCCCl. The van der Waals surface area contributed by atoms with Gasteiger partial charge in [0.1, 0.15) is 0 Å². The van der Waals surface area contributed by atoms with Crippen molar-refractivity contribution in [3.63, 3.8) is 0 Å². The highest BCUT2D eigenvalue weighted by atomic mass is 79.9. The van der Waals surface area contributed by atoms with Crippen LogP contribution in [0.4, 0.5) is 0 Å². The maximum Gasteiger partial charge on any atom is 0.0831 e. The van der Waals surface area contributed by atoms with Crippen LogP contribution in [0, 0.1) is 0 Å². The molecule has 0 radical (unpaired) electrons. The standard InChI is InChI=1S/C16H30Br2Cl2O5/c17-3-9-21-7-1-15(24-11-5-19)13-23-14-16(25-12-6-20)2-8-22-10-4-18/h15-16H,1-14H2. The molecule has 0 aliphatic rings. The highest BCUT2D eigenvalue weighted by Gasteiger charge is 2.14. The van der Waals surface area contributed by atoms with Crippen LogP contribution >= 0.6 is 55.1 Å². The van der Waals surface area contributed by atoms with E-state index < -0.39 is 0 Å². The van der Waals surface area contributed by atoms with Gasteiger partial charge >= 0.3 is 0 Å². The summed E-state index contributed by atoms with van der Waals surface area (Å²) in [6.07, 6.45) is 1.47. The minimum atomic E-state index is -0.0348. The Morgan fingerprint density at radius 2 is 1.04 bits per heavy atom. The number of ether oxygens (including phenoxy) is 5. The van der Waals surface area contributed by atoms with Crippen molar-refractivity contribution in [2.45, 2.75) is 25.0 Å². The Bertz CT molecular complexity index is 245. The lowest BCUT2D eigenvalue weighted by Crippen LogP contribution is -2.28. The van der Waals surface area contributed by atoms with Crippen LogP contribution in [0.25, 0.3) is 0 Å². The summed E-state index contributed by atoms with van der Waals surface area (Å²) in [5, 5.41) is 1.65. The van der Waals surface area contributed by atoms with E-state index in [2.05, 4.69) is 31.9 Å². The number of halogens is 4. The lowest BCUT2D eigenvalue weighted by Gasteiger charge is -2.21. The lowest BCUT2D eigenvalue weighted by molar-refractivity contribution is -0.0659. The van der Waals surface area contributed by atoms with Crippen molar-refractivity contribution in [3.05, 3.63) is 0 Å². The van der Waals surface area contributed by atoms with E-state index >= 15 is 0 Å². The van der Waals surface area contributed by atoms with Crippen molar-refractivity contribution in [1.82, 2.24) is 0 Å². The first kappa shape index (κ1) is 26.3. The zero-order chi connectivity index (χ0) is 18.6. The van der Waals surface area contributed by atoms with E-state index in [0.717, 1.165) is 23.5 Å². The summed E-state index contributed by atoms with van der Waals surface area (Å²) >= 11 is 18.1. The van der Waals surface area contributed by atoms with Crippen LogP contribution in [0.3, 0.4) is 0 Å². The average Bonchev–Trinajstić information content (AvgIpc) is 2.63. The van der Waals surface area contributed by atoms with Gasteiger partial charge in [0.15, 0.2) is 0 Å². The van der Waals surface area contributed by atoms with Crippen LogP contribution in [0.2, 0.25) is 0 Å². The predicted octanol–water partition coefficient (Wildman–Crippen LogP) is 3.85. The predicted molar refractivity (Wildman–Crippen MR) is 110 cm³/mol. The molecule has 9 heteroatoms. The van der Waals surface area contributed by atoms with Crippen molar-refractivity contribution in [2.75, 3.05) is 75.3 Å². The second-order valence-electron chi connectivity index (χ2n) is 5.08. The van der Waals surface area contributed by atoms with Crippen LogP contribution in [0.1, 0.15) is 12.8 Å². The van der Waals surface area contributed by atoms with E-state index in [0.29, 0.717) is 64.6 Å². The fraction of sp³-hybridized carbons (Fsp3) is 1.00. The Balaban J connectivity index is 4.06. The van der Waals surface area contributed by atoms with E-state index in [1.165, 1.54) is 0 Å². The smallest absolute Gasteiger partial charge is 0.0831 e. The largest absolute Gasteiger partial charge is 0.380 e. The van der Waals surface area contributed by atoms with Gasteiger partial charge in [-0.1, -0.05) is 31.9 Å². The second-order valence-corrected chi connectivity index (χ2v) is 7.42. The van der Waals surface area contributed by atoms with E-state index in [4.69, 9.17) is 46.9 Å². The number of hydrogen-bond donors (Lipinski definition) is 0. The molecule has 0 aliphatic carbocycles. The first-order valence-corrected chi connectivity index (χ1v) is 11.8. The number of hydrogen-bond acceptors (Lipinski definition) is 5. The third kappa shape index (κ3) is 18.5. The molecule has 5 nitrogen and oxygen atoms in total. The van der Waals surface area contributed by atoms with Gasteiger partial charge in [-0.15, -0.1) is 23.2 Å². The zero-order valence-corrected chi connectivity index (χ0v) is 19.3. The van der Waals surface area contributed by atoms with E-state index in [9.17, 15) is 0 Å². The molecule has 152 valence electrons. The molecule has 0 heterocycles. The minimum absolute atomic E-state index is 0.0348. The minimum Gasteiger partial charge on any atom is -0.380 e. The van der Waals surface area contributed by atoms with Gasteiger partial charge in [0.05, 0.1) is 51.8 Å². The van der Waals surface area contributed by atoms with E-state index in [1.807, 2.05) is 0 Å².